The quantitative estimate of drug-likeness (QED) is 0.816. The molecule has 0 saturated carbocycles. The number of hydrogen-bond acceptors (Lipinski definition) is 4. The highest BCUT2D eigenvalue weighted by Gasteiger charge is 2.18. The first-order valence-electron chi connectivity index (χ1n) is 4.89. The number of carbonyl (C=O) groups excluding carboxylic acids is 1. The Morgan fingerprint density at radius 1 is 1.24 bits per heavy atom. The van der Waals surface area contributed by atoms with Crippen molar-refractivity contribution in [2.24, 2.45) is 0 Å². The number of aromatic carboxylic acids is 1. The summed E-state index contributed by atoms with van der Waals surface area (Å²) < 4.78 is 4.94. The standard InChI is InChI=1S/C12H9NO4/c1-7-8(3-2-6-13-7)11(14)9-4-5-10(17-9)12(15)16/h2-6H,1H3,(H,15,16). The molecule has 0 unspecified atom stereocenters. The van der Waals surface area contributed by atoms with E-state index in [1.165, 1.54) is 12.1 Å². The second-order valence-corrected chi connectivity index (χ2v) is 3.43. The maximum atomic E-state index is 12.0. The second-order valence-electron chi connectivity index (χ2n) is 3.43. The number of hydrogen-bond donors (Lipinski definition) is 1. The molecule has 0 aliphatic heterocycles. The van der Waals surface area contributed by atoms with Gasteiger partial charge in [0.05, 0.1) is 0 Å². The van der Waals surface area contributed by atoms with Gasteiger partial charge in [0.2, 0.25) is 11.5 Å². The zero-order chi connectivity index (χ0) is 12.4. The van der Waals surface area contributed by atoms with E-state index in [0.29, 0.717) is 11.3 Å². The molecular weight excluding hydrogens is 222 g/mol. The Kier molecular flexibility index (Phi) is 2.74. The first kappa shape index (κ1) is 11.1. The summed E-state index contributed by atoms with van der Waals surface area (Å²) in [7, 11) is 0. The van der Waals surface area contributed by atoms with Crippen LogP contribution < -0.4 is 0 Å². The van der Waals surface area contributed by atoms with Crippen molar-refractivity contribution in [2.45, 2.75) is 6.92 Å². The van der Waals surface area contributed by atoms with E-state index in [1.807, 2.05) is 0 Å². The van der Waals surface area contributed by atoms with Gasteiger partial charge in [0.15, 0.2) is 5.76 Å². The fourth-order valence-electron chi connectivity index (χ4n) is 1.43. The lowest BCUT2D eigenvalue weighted by Gasteiger charge is -2.00. The molecule has 0 radical (unpaired) electrons. The number of furan rings is 1. The van der Waals surface area contributed by atoms with E-state index in [2.05, 4.69) is 4.98 Å². The van der Waals surface area contributed by atoms with Crippen LogP contribution in [0.25, 0.3) is 0 Å². The SMILES string of the molecule is Cc1ncccc1C(=O)c1ccc(C(=O)O)o1. The van der Waals surface area contributed by atoms with E-state index >= 15 is 0 Å². The molecule has 0 aliphatic rings. The molecule has 17 heavy (non-hydrogen) atoms. The van der Waals surface area contributed by atoms with Gasteiger partial charge in [0, 0.05) is 17.5 Å². The number of carboxylic acids is 1. The zero-order valence-corrected chi connectivity index (χ0v) is 9.01. The van der Waals surface area contributed by atoms with Crippen molar-refractivity contribution in [2.75, 3.05) is 0 Å². The molecule has 2 aromatic heterocycles. The molecular formula is C12H9NO4. The monoisotopic (exact) mass is 231 g/mol. The zero-order valence-electron chi connectivity index (χ0n) is 9.01. The Bertz CT molecular complexity index is 586. The van der Waals surface area contributed by atoms with Crippen molar-refractivity contribution >= 4 is 11.8 Å². The molecule has 0 spiro atoms. The van der Waals surface area contributed by atoms with Gasteiger partial charge in [0.1, 0.15) is 0 Å². The van der Waals surface area contributed by atoms with E-state index in [9.17, 15) is 9.59 Å². The fraction of sp³-hybridized carbons (Fsp3) is 0.0833. The lowest BCUT2D eigenvalue weighted by molar-refractivity contribution is 0.0660. The number of carboxylic acid groups (broad SMARTS) is 1. The summed E-state index contributed by atoms with van der Waals surface area (Å²) >= 11 is 0. The number of carbonyl (C=O) groups is 2. The third kappa shape index (κ3) is 2.08. The van der Waals surface area contributed by atoms with Crippen LogP contribution in [0.5, 0.6) is 0 Å². The highest BCUT2D eigenvalue weighted by atomic mass is 16.4. The highest BCUT2D eigenvalue weighted by Crippen LogP contribution is 2.15. The smallest absolute Gasteiger partial charge is 0.371 e. The summed E-state index contributed by atoms with van der Waals surface area (Å²) in [4.78, 5) is 26.6. The average molecular weight is 231 g/mol. The molecule has 0 amide bonds. The Morgan fingerprint density at radius 3 is 2.53 bits per heavy atom. The van der Waals surface area contributed by atoms with Crippen molar-refractivity contribution in [3.05, 3.63) is 53.2 Å². The largest absolute Gasteiger partial charge is 0.475 e. The minimum absolute atomic E-state index is 0.00139. The van der Waals surface area contributed by atoms with Gasteiger partial charge in [-0.05, 0) is 31.2 Å². The predicted octanol–water partition coefficient (Wildman–Crippen LogP) is 1.91. The van der Waals surface area contributed by atoms with Gasteiger partial charge in [-0.15, -0.1) is 0 Å². The van der Waals surface area contributed by atoms with Crippen LogP contribution in [-0.4, -0.2) is 21.8 Å². The summed E-state index contributed by atoms with van der Waals surface area (Å²) in [6.07, 6.45) is 1.58. The van der Waals surface area contributed by atoms with Crippen LogP contribution in [-0.2, 0) is 0 Å². The van der Waals surface area contributed by atoms with Gasteiger partial charge in [-0.3, -0.25) is 9.78 Å². The van der Waals surface area contributed by atoms with Crippen molar-refractivity contribution in [1.82, 2.24) is 4.98 Å². The Balaban J connectivity index is 2.37. The molecule has 0 fully saturated rings. The van der Waals surface area contributed by atoms with Crippen LogP contribution in [0.1, 0.15) is 32.4 Å². The molecule has 0 aliphatic carbocycles. The van der Waals surface area contributed by atoms with Gasteiger partial charge in [-0.25, -0.2) is 4.79 Å². The van der Waals surface area contributed by atoms with E-state index < -0.39 is 5.97 Å². The third-order valence-corrected chi connectivity index (χ3v) is 2.29. The topological polar surface area (TPSA) is 80.4 Å². The number of aryl methyl sites for hydroxylation is 1. The van der Waals surface area contributed by atoms with Gasteiger partial charge in [-0.2, -0.15) is 0 Å². The van der Waals surface area contributed by atoms with E-state index in [-0.39, 0.29) is 17.3 Å². The fourth-order valence-corrected chi connectivity index (χ4v) is 1.43. The molecule has 2 heterocycles. The number of pyridine rings is 1. The van der Waals surface area contributed by atoms with Crippen LogP contribution in [0.15, 0.2) is 34.9 Å². The van der Waals surface area contributed by atoms with Crippen molar-refractivity contribution in [3.8, 4) is 0 Å². The van der Waals surface area contributed by atoms with Gasteiger partial charge < -0.3 is 9.52 Å². The average Bonchev–Trinajstić information content (AvgIpc) is 2.78. The number of nitrogens with zero attached hydrogens (tertiary/aromatic N) is 1. The van der Waals surface area contributed by atoms with Crippen LogP contribution in [0.2, 0.25) is 0 Å². The van der Waals surface area contributed by atoms with Gasteiger partial charge in [0.25, 0.3) is 0 Å². The number of rotatable bonds is 3. The molecule has 0 saturated heterocycles. The number of aromatic nitrogens is 1. The molecule has 5 heteroatoms. The van der Waals surface area contributed by atoms with Gasteiger partial charge in [-0.1, -0.05) is 0 Å². The molecule has 2 rings (SSSR count). The molecule has 1 N–H and O–H groups in total. The maximum Gasteiger partial charge on any atom is 0.371 e. The lowest BCUT2D eigenvalue weighted by atomic mass is 10.1. The minimum Gasteiger partial charge on any atom is -0.475 e. The van der Waals surface area contributed by atoms with Crippen LogP contribution in [0, 0.1) is 6.92 Å². The van der Waals surface area contributed by atoms with Crippen molar-refractivity contribution < 1.29 is 19.1 Å². The van der Waals surface area contributed by atoms with Crippen LogP contribution >= 0.6 is 0 Å². The first-order valence-corrected chi connectivity index (χ1v) is 4.89. The van der Waals surface area contributed by atoms with E-state index in [0.717, 1.165) is 0 Å². The maximum absolute atomic E-state index is 12.0. The Morgan fingerprint density at radius 2 is 1.94 bits per heavy atom. The second kappa shape index (κ2) is 4.21. The van der Waals surface area contributed by atoms with Crippen molar-refractivity contribution in [1.29, 1.82) is 0 Å². The predicted molar refractivity (Wildman–Crippen MR) is 58.1 cm³/mol. The van der Waals surface area contributed by atoms with E-state index in [4.69, 9.17) is 9.52 Å². The normalized spacial score (nSPS) is 10.2. The number of ketones is 1. The van der Waals surface area contributed by atoms with E-state index in [1.54, 1.807) is 25.3 Å². The third-order valence-electron chi connectivity index (χ3n) is 2.29. The summed E-state index contributed by atoms with van der Waals surface area (Å²) in [5, 5.41) is 8.69. The molecule has 0 bridgehead atoms. The molecule has 2 aromatic rings. The summed E-state index contributed by atoms with van der Waals surface area (Å²) in [6.45, 7) is 1.70. The molecule has 86 valence electrons. The minimum atomic E-state index is -1.20. The Hall–Kier alpha value is -2.43. The summed E-state index contributed by atoms with van der Waals surface area (Å²) in [5.41, 5.74) is 0.976. The van der Waals surface area contributed by atoms with Crippen molar-refractivity contribution in [3.63, 3.8) is 0 Å². The lowest BCUT2D eigenvalue weighted by Crippen LogP contribution is -2.03. The Labute approximate surface area is 96.7 Å². The summed E-state index contributed by atoms with van der Waals surface area (Å²) in [6, 6.07) is 5.86. The molecule has 0 atom stereocenters. The van der Waals surface area contributed by atoms with Crippen LogP contribution in [0.3, 0.4) is 0 Å². The molecule has 0 aromatic carbocycles. The first-order chi connectivity index (χ1) is 8.09. The van der Waals surface area contributed by atoms with Crippen LogP contribution in [0.4, 0.5) is 0 Å². The summed E-state index contributed by atoms with van der Waals surface area (Å²) in [5.74, 6) is -1.83. The highest BCUT2D eigenvalue weighted by molar-refractivity contribution is 6.08. The molecule has 5 nitrogen and oxygen atoms in total. The van der Waals surface area contributed by atoms with Gasteiger partial charge >= 0.3 is 5.97 Å².